The van der Waals surface area contributed by atoms with E-state index in [1.807, 2.05) is 37.8 Å². The lowest BCUT2D eigenvalue weighted by atomic mass is 9.92. The van der Waals surface area contributed by atoms with Gasteiger partial charge in [0.1, 0.15) is 5.60 Å². The first-order valence-corrected chi connectivity index (χ1v) is 16.3. The average molecular weight is 590 g/mol. The molecule has 0 radical (unpaired) electrons. The predicted octanol–water partition coefficient (Wildman–Crippen LogP) is 6.40. The number of amides is 3. The number of piperidine rings is 2. The molecule has 7 heteroatoms. The van der Waals surface area contributed by atoms with Crippen molar-refractivity contribution in [3.8, 4) is 0 Å². The van der Waals surface area contributed by atoms with Crippen molar-refractivity contribution in [2.24, 2.45) is 11.8 Å². The Bertz CT molecular complexity index is 1120. The average Bonchev–Trinajstić information content (AvgIpc) is 3.01. The molecule has 0 aliphatic carbocycles. The Morgan fingerprint density at radius 3 is 1.86 bits per heavy atom. The van der Waals surface area contributed by atoms with Crippen molar-refractivity contribution in [3.05, 3.63) is 71.8 Å². The maximum Gasteiger partial charge on any atom is 0.410 e. The molecule has 2 aliphatic rings. The van der Waals surface area contributed by atoms with E-state index in [1.165, 1.54) is 11.1 Å². The van der Waals surface area contributed by atoms with Gasteiger partial charge in [-0.25, -0.2) is 4.79 Å². The number of likely N-dealkylation sites (tertiary alicyclic amines) is 2. The zero-order valence-corrected chi connectivity index (χ0v) is 26.4. The van der Waals surface area contributed by atoms with Crippen molar-refractivity contribution in [1.82, 2.24) is 15.1 Å². The smallest absolute Gasteiger partial charge is 0.410 e. The van der Waals surface area contributed by atoms with E-state index < -0.39 is 5.60 Å². The molecule has 2 aromatic rings. The Morgan fingerprint density at radius 1 is 0.791 bits per heavy atom. The topological polar surface area (TPSA) is 79.0 Å². The van der Waals surface area contributed by atoms with Crippen LogP contribution >= 0.6 is 0 Å². The van der Waals surface area contributed by atoms with Crippen LogP contribution in [-0.2, 0) is 27.2 Å². The van der Waals surface area contributed by atoms with Gasteiger partial charge in [0.25, 0.3) is 0 Å². The predicted molar refractivity (Wildman–Crippen MR) is 171 cm³/mol. The van der Waals surface area contributed by atoms with Gasteiger partial charge in [-0.3, -0.25) is 9.59 Å². The summed E-state index contributed by atoms with van der Waals surface area (Å²) in [5.41, 5.74) is 2.08. The van der Waals surface area contributed by atoms with E-state index in [0.717, 1.165) is 64.2 Å². The van der Waals surface area contributed by atoms with Crippen LogP contribution in [0.1, 0.15) is 83.3 Å². The minimum absolute atomic E-state index is 0.0630. The minimum atomic E-state index is -0.567. The van der Waals surface area contributed by atoms with Crippen LogP contribution < -0.4 is 5.32 Å². The Kier molecular flexibility index (Phi) is 12.1. The third-order valence-corrected chi connectivity index (χ3v) is 8.59. The molecule has 2 aliphatic heterocycles. The van der Waals surface area contributed by atoms with Crippen molar-refractivity contribution in [2.45, 2.75) is 96.6 Å². The zero-order valence-electron chi connectivity index (χ0n) is 26.4. The van der Waals surface area contributed by atoms with E-state index in [9.17, 15) is 14.4 Å². The van der Waals surface area contributed by atoms with E-state index in [2.05, 4.69) is 53.8 Å². The number of hydrogen-bond donors (Lipinski definition) is 1. The van der Waals surface area contributed by atoms with Gasteiger partial charge < -0.3 is 19.9 Å². The maximum absolute atomic E-state index is 13.6. The van der Waals surface area contributed by atoms with Gasteiger partial charge in [-0.1, -0.05) is 60.7 Å². The van der Waals surface area contributed by atoms with Gasteiger partial charge >= 0.3 is 6.09 Å². The van der Waals surface area contributed by atoms with E-state index >= 15 is 0 Å². The molecule has 2 unspecified atom stereocenters. The highest BCUT2D eigenvalue weighted by molar-refractivity contribution is 5.83. The summed E-state index contributed by atoms with van der Waals surface area (Å²) in [5, 5.41) is 3.40. The minimum Gasteiger partial charge on any atom is -0.444 e. The number of hydrogen-bond acceptors (Lipinski definition) is 4. The largest absolute Gasteiger partial charge is 0.444 e. The summed E-state index contributed by atoms with van der Waals surface area (Å²) in [6.45, 7) is 7.68. The lowest BCUT2D eigenvalue weighted by Gasteiger charge is -2.38. The van der Waals surface area contributed by atoms with Crippen molar-refractivity contribution in [2.75, 3.05) is 26.2 Å². The quantitative estimate of drug-likeness (QED) is 0.329. The van der Waals surface area contributed by atoms with Crippen molar-refractivity contribution >= 4 is 17.9 Å². The molecule has 3 amide bonds. The van der Waals surface area contributed by atoms with Crippen LogP contribution in [0, 0.1) is 11.8 Å². The number of benzene rings is 2. The summed E-state index contributed by atoms with van der Waals surface area (Å²) >= 11 is 0. The second kappa shape index (κ2) is 15.9. The fourth-order valence-corrected chi connectivity index (χ4v) is 6.32. The number of rotatable bonds is 11. The van der Waals surface area contributed by atoms with Crippen molar-refractivity contribution < 1.29 is 19.1 Å². The van der Waals surface area contributed by atoms with Crippen molar-refractivity contribution in [1.29, 1.82) is 0 Å². The Morgan fingerprint density at radius 2 is 1.30 bits per heavy atom. The third-order valence-electron chi connectivity index (χ3n) is 8.59. The molecule has 0 bridgehead atoms. The third kappa shape index (κ3) is 10.7. The molecule has 0 saturated carbocycles. The lowest BCUT2D eigenvalue weighted by molar-refractivity contribution is -0.140. The van der Waals surface area contributed by atoms with Gasteiger partial charge in [-0.2, -0.15) is 0 Å². The number of carbonyl (C=O) groups excluding carboxylic acids is 3. The summed E-state index contributed by atoms with van der Waals surface area (Å²) in [6, 6.07) is 21.2. The fourth-order valence-electron chi connectivity index (χ4n) is 6.32. The molecule has 1 N–H and O–H groups in total. The molecule has 2 fully saturated rings. The Labute approximate surface area is 258 Å². The highest BCUT2D eigenvalue weighted by atomic mass is 16.6. The Hall–Kier alpha value is -3.35. The molecular weight excluding hydrogens is 538 g/mol. The second-order valence-electron chi connectivity index (χ2n) is 13.4. The molecule has 7 nitrogen and oxygen atoms in total. The summed E-state index contributed by atoms with van der Waals surface area (Å²) in [7, 11) is 0. The fraction of sp³-hybridized carbons (Fsp3) is 0.583. The molecule has 2 atom stereocenters. The molecule has 2 heterocycles. The highest BCUT2D eigenvalue weighted by Crippen LogP contribution is 2.25. The number of aryl methyl sites for hydroxylation is 2. The van der Waals surface area contributed by atoms with Gasteiger partial charge in [0.05, 0.1) is 11.8 Å². The van der Waals surface area contributed by atoms with Gasteiger partial charge in [0, 0.05) is 32.2 Å². The molecule has 4 rings (SSSR count). The van der Waals surface area contributed by atoms with Crippen LogP contribution in [0.5, 0.6) is 0 Å². The molecule has 43 heavy (non-hydrogen) atoms. The second-order valence-corrected chi connectivity index (χ2v) is 13.4. The van der Waals surface area contributed by atoms with Gasteiger partial charge in [0.2, 0.25) is 11.8 Å². The van der Waals surface area contributed by atoms with Crippen molar-refractivity contribution in [3.63, 3.8) is 0 Å². The van der Waals surface area contributed by atoms with Gasteiger partial charge in [-0.15, -0.1) is 0 Å². The number of ether oxygens (including phenoxy) is 1. The highest BCUT2D eigenvalue weighted by Gasteiger charge is 2.36. The zero-order chi connectivity index (χ0) is 30.7. The molecule has 234 valence electrons. The lowest BCUT2D eigenvalue weighted by Crippen LogP contribution is -2.52. The van der Waals surface area contributed by atoms with Crippen LogP contribution in [0.25, 0.3) is 0 Å². The van der Waals surface area contributed by atoms with Crippen LogP contribution in [0.2, 0.25) is 0 Å². The van der Waals surface area contributed by atoms with Crippen LogP contribution in [0.4, 0.5) is 4.79 Å². The SMILES string of the molecule is CC(C)(C)OC(=O)N1CCCC(C(=O)N2CCCC(C(=O)NC(CCCc3ccccc3)CCCc3ccccc3)C2)C1. The number of carbonyl (C=O) groups is 3. The number of nitrogens with one attached hydrogen (secondary N) is 1. The molecule has 0 aromatic heterocycles. The van der Waals surface area contributed by atoms with Gasteiger partial charge in [-0.05, 0) is 96.1 Å². The van der Waals surface area contributed by atoms with E-state index in [1.54, 1.807) is 4.90 Å². The molecule has 0 spiro atoms. The normalized spacial score (nSPS) is 19.3. The molecular formula is C36H51N3O4. The van der Waals surface area contributed by atoms with Gasteiger partial charge in [0.15, 0.2) is 0 Å². The van der Waals surface area contributed by atoms with E-state index in [0.29, 0.717) is 26.2 Å². The Balaban J connectivity index is 1.31. The van der Waals surface area contributed by atoms with E-state index in [-0.39, 0.29) is 35.8 Å². The monoisotopic (exact) mass is 589 g/mol. The summed E-state index contributed by atoms with van der Waals surface area (Å²) in [4.78, 5) is 43.3. The van der Waals surface area contributed by atoms with Crippen LogP contribution in [0.3, 0.4) is 0 Å². The standard InChI is InChI=1S/C36H51N3O4/c1-36(2,3)43-35(42)39-25-13-21-31(27-39)34(41)38-24-12-20-30(26-38)33(40)37-32(22-10-18-28-14-6-4-7-15-28)23-11-19-29-16-8-5-9-17-29/h4-9,14-17,30-32H,10-13,18-27H2,1-3H3,(H,37,40). The molecule has 2 aromatic carbocycles. The van der Waals surface area contributed by atoms with Crippen LogP contribution in [0.15, 0.2) is 60.7 Å². The van der Waals surface area contributed by atoms with Crippen LogP contribution in [-0.4, -0.2) is 65.5 Å². The maximum atomic E-state index is 13.6. The molecule has 2 saturated heterocycles. The summed E-state index contributed by atoms with van der Waals surface area (Å²) < 4.78 is 5.55. The summed E-state index contributed by atoms with van der Waals surface area (Å²) in [6.07, 6.45) is 8.71. The first-order valence-electron chi connectivity index (χ1n) is 16.3. The first kappa shape index (κ1) is 32.6. The number of nitrogens with zero attached hydrogens (tertiary/aromatic N) is 2. The summed E-state index contributed by atoms with van der Waals surface area (Å²) in [5.74, 6) is -0.310. The van der Waals surface area contributed by atoms with E-state index in [4.69, 9.17) is 4.74 Å². The first-order chi connectivity index (χ1) is 20.7.